The normalized spacial score (nSPS) is 12.5. The standard InChI is InChI=1S/C74H145NO5/c1-3-5-7-9-11-13-15-17-19-20-33-36-39-42-46-50-54-58-62-66-72(77)71(70-76)75-73(78)67-63-59-55-51-47-43-40-37-34-31-29-27-25-23-21-22-24-26-28-30-32-35-38-41-45-49-53-57-61-65-69-80-74(79)68-64-60-56-52-48-44-18-16-14-12-10-8-6-4-2/h16,18,71-72,76-77H,3-15,17,19-70H2,1-2H3,(H,75,78)/b18-16-. The van der Waals surface area contributed by atoms with Crippen LogP contribution in [0, 0.1) is 0 Å². The summed E-state index contributed by atoms with van der Waals surface area (Å²) in [7, 11) is 0. The van der Waals surface area contributed by atoms with Gasteiger partial charge < -0.3 is 20.3 Å². The Morgan fingerprint density at radius 1 is 0.338 bits per heavy atom. The summed E-state index contributed by atoms with van der Waals surface area (Å²) < 4.78 is 5.49. The van der Waals surface area contributed by atoms with Crippen LogP contribution in [-0.2, 0) is 14.3 Å². The molecule has 6 heteroatoms. The summed E-state index contributed by atoms with van der Waals surface area (Å²) in [6.45, 7) is 4.99. The fraction of sp³-hybridized carbons (Fsp3) is 0.946. The summed E-state index contributed by atoms with van der Waals surface area (Å²) in [6, 6.07) is -0.538. The number of aliphatic hydroxyl groups is 2. The van der Waals surface area contributed by atoms with E-state index in [1.807, 2.05) is 0 Å². The number of hydrogen-bond acceptors (Lipinski definition) is 5. The van der Waals surface area contributed by atoms with Crippen LogP contribution in [0.5, 0.6) is 0 Å². The minimum absolute atomic E-state index is 0.0126. The van der Waals surface area contributed by atoms with Gasteiger partial charge in [-0.15, -0.1) is 0 Å². The van der Waals surface area contributed by atoms with E-state index in [2.05, 4.69) is 31.3 Å². The second-order valence-electron chi connectivity index (χ2n) is 25.6. The van der Waals surface area contributed by atoms with E-state index >= 15 is 0 Å². The van der Waals surface area contributed by atoms with Crippen LogP contribution in [0.3, 0.4) is 0 Å². The first-order valence-electron chi connectivity index (χ1n) is 36.9. The van der Waals surface area contributed by atoms with Gasteiger partial charge in [0.05, 0.1) is 25.4 Å². The first-order chi connectivity index (χ1) is 39.5. The van der Waals surface area contributed by atoms with Crippen LogP contribution in [0.2, 0.25) is 0 Å². The van der Waals surface area contributed by atoms with Crippen molar-refractivity contribution in [2.45, 2.75) is 437 Å². The third-order valence-corrected chi connectivity index (χ3v) is 17.6. The molecule has 476 valence electrons. The molecule has 0 spiro atoms. The maximum absolute atomic E-state index is 12.5. The Morgan fingerprint density at radius 2 is 0.588 bits per heavy atom. The van der Waals surface area contributed by atoms with Gasteiger partial charge in [0.15, 0.2) is 0 Å². The number of allylic oxidation sites excluding steroid dienone is 2. The molecule has 0 bridgehead atoms. The van der Waals surface area contributed by atoms with Crippen LogP contribution in [0.4, 0.5) is 0 Å². The lowest BCUT2D eigenvalue weighted by atomic mass is 10.0. The van der Waals surface area contributed by atoms with Crippen molar-refractivity contribution >= 4 is 11.9 Å². The highest BCUT2D eigenvalue weighted by Gasteiger charge is 2.20. The quantitative estimate of drug-likeness (QED) is 0.0320. The maximum Gasteiger partial charge on any atom is 0.305 e. The van der Waals surface area contributed by atoms with Crippen LogP contribution in [-0.4, -0.2) is 47.4 Å². The van der Waals surface area contributed by atoms with Crippen molar-refractivity contribution in [1.82, 2.24) is 5.32 Å². The number of nitrogens with one attached hydrogen (secondary N) is 1. The van der Waals surface area contributed by atoms with E-state index in [4.69, 9.17) is 4.74 Å². The van der Waals surface area contributed by atoms with Gasteiger partial charge in [0, 0.05) is 12.8 Å². The van der Waals surface area contributed by atoms with E-state index in [1.165, 1.54) is 347 Å². The zero-order valence-corrected chi connectivity index (χ0v) is 54.6. The predicted molar refractivity (Wildman–Crippen MR) is 352 cm³/mol. The first kappa shape index (κ1) is 78.6. The topological polar surface area (TPSA) is 95.9 Å². The Labute approximate surface area is 501 Å². The maximum atomic E-state index is 12.5. The lowest BCUT2D eigenvalue weighted by Crippen LogP contribution is -2.45. The van der Waals surface area contributed by atoms with Gasteiger partial charge in [0.1, 0.15) is 0 Å². The van der Waals surface area contributed by atoms with E-state index in [0.717, 1.165) is 44.9 Å². The monoisotopic (exact) mass is 1130 g/mol. The van der Waals surface area contributed by atoms with E-state index in [0.29, 0.717) is 25.9 Å². The molecule has 0 fully saturated rings. The second kappa shape index (κ2) is 70.1. The Hall–Kier alpha value is -1.40. The predicted octanol–water partition coefficient (Wildman–Crippen LogP) is 23.9. The Balaban J connectivity index is 3.33. The van der Waals surface area contributed by atoms with Gasteiger partial charge in [-0.1, -0.05) is 373 Å². The fourth-order valence-corrected chi connectivity index (χ4v) is 11.9. The lowest BCUT2D eigenvalue weighted by molar-refractivity contribution is -0.143. The molecule has 0 aromatic carbocycles. The van der Waals surface area contributed by atoms with E-state index < -0.39 is 12.1 Å². The number of unbranched alkanes of at least 4 members (excludes halogenated alkanes) is 57. The minimum atomic E-state index is -0.662. The molecule has 0 radical (unpaired) electrons. The molecule has 80 heavy (non-hydrogen) atoms. The summed E-state index contributed by atoms with van der Waals surface area (Å²) in [6.07, 6.45) is 87.1. The zero-order valence-electron chi connectivity index (χ0n) is 54.6. The SMILES string of the molecule is CCCCCCC/C=C\CCCCCCCC(=O)OCCCCCCCCCCCCCCCCCCCCCCCCCCCCCCCCC(=O)NC(CO)C(O)CCCCCCCCCCCCCCCCCCCCC. The summed E-state index contributed by atoms with van der Waals surface area (Å²) in [5.41, 5.74) is 0. The molecule has 3 N–H and O–H groups in total. The van der Waals surface area contributed by atoms with E-state index in [1.54, 1.807) is 0 Å². The molecule has 0 saturated carbocycles. The van der Waals surface area contributed by atoms with Crippen molar-refractivity contribution < 1.29 is 24.5 Å². The van der Waals surface area contributed by atoms with Crippen molar-refractivity contribution in [2.75, 3.05) is 13.2 Å². The first-order valence-corrected chi connectivity index (χ1v) is 36.9. The average molecular weight is 1130 g/mol. The van der Waals surface area contributed by atoms with Crippen LogP contribution in [0.1, 0.15) is 425 Å². The van der Waals surface area contributed by atoms with Gasteiger partial charge in [-0.05, 0) is 51.4 Å². The van der Waals surface area contributed by atoms with Crippen LogP contribution >= 0.6 is 0 Å². The number of amides is 1. The van der Waals surface area contributed by atoms with Gasteiger partial charge in [-0.2, -0.15) is 0 Å². The van der Waals surface area contributed by atoms with Gasteiger partial charge in [0.2, 0.25) is 5.91 Å². The van der Waals surface area contributed by atoms with E-state index in [-0.39, 0.29) is 18.5 Å². The van der Waals surface area contributed by atoms with Gasteiger partial charge in [-0.25, -0.2) is 0 Å². The summed E-state index contributed by atoms with van der Waals surface area (Å²) in [5.74, 6) is -0.0137. The molecule has 2 atom stereocenters. The molecule has 2 unspecified atom stereocenters. The van der Waals surface area contributed by atoms with E-state index in [9.17, 15) is 19.8 Å². The summed E-state index contributed by atoms with van der Waals surface area (Å²) in [4.78, 5) is 24.6. The highest BCUT2D eigenvalue weighted by Crippen LogP contribution is 2.20. The average Bonchev–Trinajstić information content (AvgIpc) is 3.46. The highest BCUT2D eigenvalue weighted by molar-refractivity contribution is 5.76. The molecular formula is C74H145NO5. The van der Waals surface area contributed by atoms with Crippen LogP contribution in [0.15, 0.2) is 12.2 Å². The molecular weight excluding hydrogens is 983 g/mol. The molecule has 0 aromatic heterocycles. The molecule has 1 amide bonds. The Morgan fingerprint density at radius 3 is 0.887 bits per heavy atom. The zero-order chi connectivity index (χ0) is 57.8. The van der Waals surface area contributed by atoms with Gasteiger partial charge in [-0.3, -0.25) is 9.59 Å². The molecule has 0 heterocycles. The van der Waals surface area contributed by atoms with Crippen molar-refractivity contribution in [1.29, 1.82) is 0 Å². The number of esters is 1. The molecule has 0 rings (SSSR count). The van der Waals surface area contributed by atoms with Gasteiger partial charge >= 0.3 is 5.97 Å². The molecule has 0 aliphatic carbocycles. The molecule has 0 aliphatic rings. The molecule has 0 aromatic rings. The highest BCUT2D eigenvalue weighted by atomic mass is 16.5. The number of aliphatic hydroxyl groups excluding tert-OH is 2. The lowest BCUT2D eigenvalue weighted by Gasteiger charge is -2.22. The van der Waals surface area contributed by atoms with Crippen molar-refractivity contribution in [3.8, 4) is 0 Å². The number of hydrogen-bond donors (Lipinski definition) is 3. The third kappa shape index (κ3) is 65.7. The van der Waals surface area contributed by atoms with Crippen molar-refractivity contribution in [3.05, 3.63) is 12.2 Å². The third-order valence-electron chi connectivity index (χ3n) is 17.6. The number of carbonyl (C=O) groups is 2. The number of ether oxygens (including phenoxy) is 1. The van der Waals surface area contributed by atoms with Crippen LogP contribution < -0.4 is 5.32 Å². The number of rotatable bonds is 70. The largest absolute Gasteiger partial charge is 0.466 e. The summed E-state index contributed by atoms with van der Waals surface area (Å²) >= 11 is 0. The van der Waals surface area contributed by atoms with Crippen molar-refractivity contribution in [3.63, 3.8) is 0 Å². The smallest absolute Gasteiger partial charge is 0.305 e. The number of carbonyl (C=O) groups excluding carboxylic acids is 2. The van der Waals surface area contributed by atoms with Crippen molar-refractivity contribution in [2.24, 2.45) is 0 Å². The van der Waals surface area contributed by atoms with Gasteiger partial charge in [0.25, 0.3) is 0 Å². The Bertz CT molecular complexity index is 1210. The summed E-state index contributed by atoms with van der Waals surface area (Å²) in [5, 5.41) is 23.4. The molecule has 0 aliphatic heterocycles. The second-order valence-corrected chi connectivity index (χ2v) is 25.6. The Kier molecular flexibility index (Phi) is 68.9. The molecule has 6 nitrogen and oxygen atoms in total. The molecule has 0 saturated heterocycles. The van der Waals surface area contributed by atoms with Crippen LogP contribution in [0.25, 0.3) is 0 Å². The minimum Gasteiger partial charge on any atom is -0.466 e. The fourth-order valence-electron chi connectivity index (χ4n) is 11.9.